The molecule has 98 valence electrons. The SMILES string of the molecule is Fc1ccc(-c2nncnc2-c2ccccc2)cc1Cl. The Kier molecular flexibility index (Phi) is 3.39. The summed E-state index contributed by atoms with van der Waals surface area (Å²) in [7, 11) is 0. The summed E-state index contributed by atoms with van der Waals surface area (Å²) >= 11 is 5.82. The summed E-state index contributed by atoms with van der Waals surface area (Å²) in [5.74, 6) is -0.464. The first-order chi connectivity index (χ1) is 9.75. The summed E-state index contributed by atoms with van der Waals surface area (Å²) in [6.45, 7) is 0. The first-order valence-electron chi connectivity index (χ1n) is 5.94. The first kappa shape index (κ1) is 12.7. The van der Waals surface area contributed by atoms with Crippen molar-refractivity contribution in [3.63, 3.8) is 0 Å². The van der Waals surface area contributed by atoms with E-state index in [1.807, 2.05) is 30.3 Å². The number of nitrogens with zero attached hydrogens (tertiary/aromatic N) is 3. The van der Waals surface area contributed by atoms with E-state index in [1.54, 1.807) is 6.07 Å². The summed E-state index contributed by atoms with van der Waals surface area (Å²) in [4.78, 5) is 4.27. The van der Waals surface area contributed by atoms with E-state index in [4.69, 9.17) is 11.6 Å². The highest BCUT2D eigenvalue weighted by Crippen LogP contribution is 2.29. The fourth-order valence-electron chi connectivity index (χ4n) is 1.92. The van der Waals surface area contributed by atoms with Gasteiger partial charge in [-0.3, -0.25) is 0 Å². The van der Waals surface area contributed by atoms with Gasteiger partial charge >= 0.3 is 0 Å². The molecule has 2 aromatic carbocycles. The lowest BCUT2D eigenvalue weighted by molar-refractivity contribution is 0.628. The van der Waals surface area contributed by atoms with Crippen molar-refractivity contribution < 1.29 is 4.39 Å². The zero-order valence-electron chi connectivity index (χ0n) is 10.3. The Balaban J connectivity index is 2.17. The Morgan fingerprint density at radius 2 is 1.70 bits per heavy atom. The molecule has 0 saturated heterocycles. The molecule has 0 radical (unpaired) electrons. The van der Waals surface area contributed by atoms with Crippen molar-refractivity contribution in [2.45, 2.75) is 0 Å². The lowest BCUT2D eigenvalue weighted by Crippen LogP contribution is -1.95. The summed E-state index contributed by atoms with van der Waals surface area (Å²) in [5, 5.41) is 7.95. The summed E-state index contributed by atoms with van der Waals surface area (Å²) in [6, 6.07) is 14.1. The van der Waals surface area contributed by atoms with Crippen molar-refractivity contribution in [2.24, 2.45) is 0 Å². The van der Waals surface area contributed by atoms with Crippen molar-refractivity contribution in [3.05, 3.63) is 65.7 Å². The van der Waals surface area contributed by atoms with Crippen LogP contribution in [-0.4, -0.2) is 15.2 Å². The maximum Gasteiger partial charge on any atom is 0.141 e. The van der Waals surface area contributed by atoms with E-state index in [0.29, 0.717) is 17.0 Å². The van der Waals surface area contributed by atoms with Crippen LogP contribution in [0.2, 0.25) is 5.02 Å². The number of aromatic nitrogens is 3. The van der Waals surface area contributed by atoms with Crippen LogP contribution in [0.4, 0.5) is 4.39 Å². The second-order valence-corrected chi connectivity index (χ2v) is 4.56. The van der Waals surface area contributed by atoms with E-state index < -0.39 is 5.82 Å². The third-order valence-corrected chi connectivity index (χ3v) is 3.15. The van der Waals surface area contributed by atoms with Crippen LogP contribution in [0.1, 0.15) is 0 Å². The number of rotatable bonds is 2. The molecule has 0 atom stereocenters. The van der Waals surface area contributed by atoms with Crippen molar-refractivity contribution >= 4 is 11.6 Å². The minimum absolute atomic E-state index is 0.0483. The third kappa shape index (κ3) is 2.38. The van der Waals surface area contributed by atoms with Crippen LogP contribution in [0, 0.1) is 5.82 Å². The molecule has 5 heteroatoms. The minimum atomic E-state index is -0.464. The molecule has 0 aliphatic carbocycles. The van der Waals surface area contributed by atoms with Crippen molar-refractivity contribution in [2.75, 3.05) is 0 Å². The Morgan fingerprint density at radius 3 is 2.45 bits per heavy atom. The van der Waals surface area contributed by atoms with Crippen LogP contribution in [0.25, 0.3) is 22.5 Å². The van der Waals surface area contributed by atoms with Crippen molar-refractivity contribution in [1.29, 1.82) is 0 Å². The summed E-state index contributed by atoms with van der Waals surface area (Å²) in [5.41, 5.74) is 2.84. The lowest BCUT2D eigenvalue weighted by Gasteiger charge is -2.07. The average Bonchev–Trinajstić information content (AvgIpc) is 2.51. The molecule has 0 N–H and O–H groups in total. The quantitative estimate of drug-likeness (QED) is 0.714. The van der Waals surface area contributed by atoms with Crippen LogP contribution < -0.4 is 0 Å². The van der Waals surface area contributed by atoms with Crippen molar-refractivity contribution in [3.8, 4) is 22.5 Å². The van der Waals surface area contributed by atoms with E-state index in [-0.39, 0.29) is 5.02 Å². The predicted molar refractivity (Wildman–Crippen MR) is 75.7 cm³/mol. The zero-order valence-corrected chi connectivity index (χ0v) is 11.0. The largest absolute Gasteiger partial charge is 0.232 e. The van der Waals surface area contributed by atoms with E-state index in [2.05, 4.69) is 15.2 Å². The molecule has 0 spiro atoms. The monoisotopic (exact) mass is 285 g/mol. The highest BCUT2D eigenvalue weighted by molar-refractivity contribution is 6.31. The second-order valence-electron chi connectivity index (χ2n) is 4.15. The third-order valence-electron chi connectivity index (χ3n) is 2.86. The second kappa shape index (κ2) is 5.35. The van der Waals surface area contributed by atoms with Gasteiger partial charge in [-0.2, -0.15) is 0 Å². The number of hydrogen-bond donors (Lipinski definition) is 0. The van der Waals surface area contributed by atoms with Crippen LogP contribution in [-0.2, 0) is 0 Å². The van der Waals surface area contributed by atoms with Gasteiger partial charge in [0.25, 0.3) is 0 Å². The Labute approximate surface area is 120 Å². The average molecular weight is 286 g/mol. The van der Waals surface area contributed by atoms with Gasteiger partial charge in [0.2, 0.25) is 0 Å². The maximum absolute atomic E-state index is 13.3. The Hall–Kier alpha value is -2.33. The van der Waals surface area contributed by atoms with Crippen LogP contribution in [0.5, 0.6) is 0 Å². The molecule has 0 amide bonds. The molecule has 3 nitrogen and oxygen atoms in total. The van der Waals surface area contributed by atoms with Gasteiger partial charge in [-0.25, -0.2) is 9.37 Å². The minimum Gasteiger partial charge on any atom is -0.232 e. The smallest absolute Gasteiger partial charge is 0.141 e. The summed E-state index contributed by atoms with van der Waals surface area (Å²) in [6.07, 6.45) is 1.39. The molecule has 0 unspecified atom stereocenters. The maximum atomic E-state index is 13.3. The Bertz CT molecular complexity index is 747. The normalized spacial score (nSPS) is 10.5. The van der Waals surface area contributed by atoms with Crippen LogP contribution in [0.15, 0.2) is 54.9 Å². The molecular weight excluding hydrogens is 277 g/mol. The Morgan fingerprint density at radius 1 is 0.900 bits per heavy atom. The standard InChI is InChI=1S/C15H9ClFN3/c16-12-8-11(6-7-13(12)17)15-14(18-9-19-20-15)10-4-2-1-3-5-10/h1-9H. The first-order valence-corrected chi connectivity index (χ1v) is 6.32. The van der Waals surface area contributed by atoms with Crippen LogP contribution in [0.3, 0.4) is 0 Å². The molecule has 1 heterocycles. The highest BCUT2D eigenvalue weighted by atomic mass is 35.5. The molecule has 20 heavy (non-hydrogen) atoms. The molecule has 3 aromatic rings. The van der Waals surface area contributed by atoms with E-state index in [0.717, 1.165) is 5.56 Å². The topological polar surface area (TPSA) is 38.7 Å². The highest BCUT2D eigenvalue weighted by Gasteiger charge is 2.12. The molecule has 3 rings (SSSR count). The molecule has 1 aromatic heterocycles. The number of benzene rings is 2. The molecule has 0 bridgehead atoms. The summed E-state index contributed by atoms with van der Waals surface area (Å²) < 4.78 is 13.3. The van der Waals surface area contributed by atoms with E-state index in [1.165, 1.54) is 18.5 Å². The zero-order chi connectivity index (χ0) is 13.9. The molecule has 0 fully saturated rings. The molecular formula is C15H9ClFN3. The number of halogens is 2. The van der Waals surface area contributed by atoms with Gasteiger partial charge in [0, 0.05) is 11.1 Å². The van der Waals surface area contributed by atoms with Gasteiger partial charge in [0.1, 0.15) is 23.5 Å². The molecule has 0 aliphatic rings. The van der Waals surface area contributed by atoms with E-state index >= 15 is 0 Å². The lowest BCUT2D eigenvalue weighted by atomic mass is 10.0. The van der Waals surface area contributed by atoms with Crippen LogP contribution >= 0.6 is 11.6 Å². The fraction of sp³-hybridized carbons (Fsp3) is 0. The van der Waals surface area contributed by atoms with Gasteiger partial charge in [-0.1, -0.05) is 41.9 Å². The number of hydrogen-bond acceptors (Lipinski definition) is 3. The van der Waals surface area contributed by atoms with Gasteiger partial charge in [-0.05, 0) is 18.2 Å². The van der Waals surface area contributed by atoms with Gasteiger partial charge < -0.3 is 0 Å². The fourth-order valence-corrected chi connectivity index (χ4v) is 2.10. The van der Waals surface area contributed by atoms with Gasteiger partial charge in [0.05, 0.1) is 5.02 Å². The predicted octanol–water partition coefficient (Wildman–Crippen LogP) is 4.00. The van der Waals surface area contributed by atoms with Gasteiger partial charge in [-0.15, -0.1) is 10.2 Å². The van der Waals surface area contributed by atoms with E-state index in [9.17, 15) is 4.39 Å². The molecule has 0 aliphatic heterocycles. The van der Waals surface area contributed by atoms with Gasteiger partial charge in [0.15, 0.2) is 0 Å². The molecule has 0 saturated carbocycles. The van der Waals surface area contributed by atoms with Crippen molar-refractivity contribution in [1.82, 2.24) is 15.2 Å².